The fourth-order valence-electron chi connectivity index (χ4n) is 3.06. The molecule has 6 nitrogen and oxygen atoms in total. The minimum Gasteiger partial charge on any atom is -0.379 e. The minimum absolute atomic E-state index is 0.0499. The summed E-state index contributed by atoms with van der Waals surface area (Å²) in [6.07, 6.45) is 0. The van der Waals surface area contributed by atoms with Crippen LogP contribution in [0.15, 0.2) is 29.3 Å². The Morgan fingerprint density at radius 1 is 1.19 bits per heavy atom. The Labute approximate surface area is 158 Å². The Hall–Kier alpha value is -1.63. The third kappa shape index (κ3) is 6.27. The molecule has 1 heterocycles. The van der Waals surface area contributed by atoms with E-state index < -0.39 is 0 Å². The van der Waals surface area contributed by atoms with Gasteiger partial charge in [-0.15, -0.1) is 0 Å². The van der Waals surface area contributed by atoms with Crippen LogP contribution < -0.4 is 10.6 Å². The molecule has 2 rings (SSSR count). The van der Waals surface area contributed by atoms with Crippen LogP contribution in [0.25, 0.3) is 0 Å². The monoisotopic (exact) mass is 362 g/mol. The van der Waals surface area contributed by atoms with E-state index in [9.17, 15) is 0 Å². The van der Waals surface area contributed by atoms with Crippen LogP contribution in [0.4, 0.5) is 0 Å². The van der Waals surface area contributed by atoms with Gasteiger partial charge < -0.3 is 20.1 Å². The Bertz CT molecular complexity index is 569. The number of nitrogens with one attached hydrogen (secondary N) is 2. The molecule has 1 aromatic carbocycles. The normalized spacial score (nSPS) is 16.5. The summed E-state index contributed by atoms with van der Waals surface area (Å²) in [7, 11) is 1.81. The molecule has 0 aliphatic carbocycles. The molecule has 0 unspecified atom stereocenters. The molecule has 1 aliphatic rings. The molecule has 1 fully saturated rings. The van der Waals surface area contributed by atoms with Gasteiger partial charge in [0.25, 0.3) is 0 Å². The number of guanidine groups is 1. The first-order valence-corrected chi connectivity index (χ1v) is 9.48. The molecule has 1 saturated heterocycles. The number of rotatable bonds is 8. The summed E-state index contributed by atoms with van der Waals surface area (Å²) in [6.45, 7) is 13.0. The zero-order valence-corrected chi connectivity index (χ0v) is 16.7. The predicted molar refractivity (Wildman–Crippen MR) is 106 cm³/mol. The summed E-state index contributed by atoms with van der Waals surface area (Å²) in [5.41, 5.74) is 2.50. The Kier molecular flexibility index (Phi) is 8.35. The molecule has 2 N–H and O–H groups in total. The van der Waals surface area contributed by atoms with Crippen molar-refractivity contribution in [2.45, 2.75) is 39.5 Å². The van der Waals surface area contributed by atoms with Crippen LogP contribution in [0.2, 0.25) is 0 Å². The summed E-state index contributed by atoms with van der Waals surface area (Å²) in [5, 5.41) is 6.88. The molecule has 0 bridgehead atoms. The summed E-state index contributed by atoms with van der Waals surface area (Å²) in [6, 6.07) is 8.36. The lowest BCUT2D eigenvalue weighted by molar-refractivity contribution is -0.00834. The number of aliphatic imine (C=N–C) groups is 1. The molecule has 0 radical (unpaired) electrons. The van der Waals surface area contributed by atoms with Crippen molar-refractivity contribution in [1.29, 1.82) is 0 Å². The van der Waals surface area contributed by atoms with Crippen molar-refractivity contribution >= 4 is 5.96 Å². The highest BCUT2D eigenvalue weighted by Gasteiger charge is 2.28. The Morgan fingerprint density at radius 2 is 1.88 bits per heavy atom. The number of ether oxygens (including phenoxy) is 2. The fraction of sp³-hybridized carbons (Fsp3) is 0.650. The highest BCUT2D eigenvalue weighted by molar-refractivity contribution is 5.79. The average Bonchev–Trinajstić information content (AvgIpc) is 2.68. The summed E-state index contributed by atoms with van der Waals surface area (Å²) in [4.78, 5) is 6.83. The number of morpholine rings is 1. The molecule has 1 aliphatic heterocycles. The van der Waals surface area contributed by atoms with Gasteiger partial charge >= 0.3 is 0 Å². The topological polar surface area (TPSA) is 58.1 Å². The second kappa shape index (κ2) is 10.5. The number of hydrogen-bond acceptors (Lipinski definition) is 4. The first-order chi connectivity index (χ1) is 12.6. The lowest BCUT2D eigenvalue weighted by Crippen LogP contribution is -2.56. The highest BCUT2D eigenvalue weighted by Crippen LogP contribution is 2.15. The van der Waals surface area contributed by atoms with Gasteiger partial charge in [0.05, 0.1) is 19.8 Å². The quantitative estimate of drug-likeness (QED) is 0.547. The zero-order valence-electron chi connectivity index (χ0n) is 16.7. The van der Waals surface area contributed by atoms with Crippen LogP contribution in [0.5, 0.6) is 0 Å². The van der Waals surface area contributed by atoms with E-state index in [0.29, 0.717) is 6.61 Å². The van der Waals surface area contributed by atoms with Crippen LogP contribution in [0.1, 0.15) is 31.9 Å². The van der Waals surface area contributed by atoms with Gasteiger partial charge in [-0.25, -0.2) is 0 Å². The van der Waals surface area contributed by atoms with Gasteiger partial charge in [-0.05, 0) is 31.9 Å². The predicted octanol–water partition coefficient (Wildman–Crippen LogP) is 2.00. The van der Waals surface area contributed by atoms with Crippen molar-refractivity contribution in [1.82, 2.24) is 15.5 Å². The van der Waals surface area contributed by atoms with E-state index in [4.69, 9.17) is 9.47 Å². The van der Waals surface area contributed by atoms with Crippen LogP contribution in [-0.2, 0) is 22.6 Å². The van der Waals surface area contributed by atoms with Gasteiger partial charge in [0.1, 0.15) is 0 Å². The average molecular weight is 363 g/mol. The standard InChI is InChI=1S/C20H34N4O2/c1-5-25-15-18-9-7-6-8-17(18)14-22-19(21-4)23-16-20(2,3)24-10-12-26-13-11-24/h6-9H,5,10-16H2,1-4H3,(H2,21,22,23). The second-order valence-corrected chi connectivity index (χ2v) is 7.10. The smallest absolute Gasteiger partial charge is 0.191 e. The van der Waals surface area contributed by atoms with Crippen molar-refractivity contribution in [2.24, 2.45) is 4.99 Å². The van der Waals surface area contributed by atoms with E-state index in [1.807, 2.05) is 14.0 Å². The number of hydrogen-bond donors (Lipinski definition) is 2. The maximum Gasteiger partial charge on any atom is 0.191 e. The molecule has 0 spiro atoms. The summed E-state index contributed by atoms with van der Waals surface area (Å²) < 4.78 is 11.0. The molecule has 0 saturated carbocycles. The van der Waals surface area contributed by atoms with Crippen LogP contribution in [0, 0.1) is 0 Å². The molecule has 6 heteroatoms. The van der Waals surface area contributed by atoms with Gasteiger partial charge in [-0.3, -0.25) is 9.89 Å². The van der Waals surface area contributed by atoms with E-state index in [1.54, 1.807) is 0 Å². The molecule has 0 amide bonds. The maximum absolute atomic E-state index is 5.56. The minimum atomic E-state index is 0.0499. The van der Waals surface area contributed by atoms with Crippen LogP contribution >= 0.6 is 0 Å². The molecule has 0 aromatic heterocycles. The zero-order chi connectivity index (χ0) is 18.8. The van der Waals surface area contributed by atoms with Gasteiger partial charge in [0, 0.05) is 45.4 Å². The summed E-state index contributed by atoms with van der Waals surface area (Å²) >= 11 is 0. The van der Waals surface area contributed by atoms with E-state index in [2.05, 4.69) is 58.6 Å². The Morgan fingerprint density at radius 3 is 2.54 bits per heavy atom. The summed E-state index contributed by atoms with van der Waals surface area (Å²) in [5.74, 6) is 0.817. The molecular formula is C20H34N4O2. The van der Waals surface area contributed by atoms with Crippen molar-refractivity contribution in [3.63, 3.8) is 0 Å². The number of nitrogens with zero attached hydrogens (tertiary/aromatic N) is 2. The fourth-order valence-corrected chi connectivity index (χ4v) is 3.06. The molecule has 1 aromatic rings. The van der Waals surface area contributed by atoms with Crippen LogP contribution in [0.3, 0.4) is 0 Å². The SMILES string of the molecule is CCOCc1ccccc1CNC(=NC)NCC(C)(C)N1CCOCC1. The van der Waals surface area contributed by atoms with E-state index in [-0.39, 0.29) is 5.54 Å². The van der Waals surface area contributed by atoms with E-state index in [0.717, 1.165) is 52.0 Å². The van der Waals surface area contributed by atoms with Crippen molar-refractivity contribution in [3.8, 4) is 0 Å². The number of benzene rings is 1. The van der Waals surface area contributed by atoms with Gasteiger partial charge in [0.2, 0.25) is 0 Å². The van der Waals surface area contributed by atoms with Crippen LogP contribution in [-0.4, -0.2) is 62.9 Å². The third-order valence-electron chi connectivity index (χ3n) is 4.81. The van der Waals surface area contributed by atoms with Gasteiger partial charge in [0.15, 0.2) is 5.96 Å². The van der Waals surface area contributed by atoms with Crippen molar-refractivity contribution < 1.29 is 9.47 Å². The lowest BCUT2D eigenvalue weighted by atomic mass is 10.0. The van der Waals surface area contributed by atoms with Gasteiger partial charge in [-0.1, -0.05) is 24.3 Å². The first-order valence-electron chi connectivity index (χ1n) is 9.48. The molecule has 0 atom stereocenters. The third-order valence-corrected chi connectivity index (χ3v) is 4.81. The van der Waals surface area contributed by atoms with Crippen molar-refractivity contribution in [3.05, 3.63) is 35.4 Å². The largest absolute Gasteiger partial charge is 0.379 e. The van der Waals surface area contributed by atoms with E-state index >= 15 is 0 Å². The van der Waals surface area contributed by atoms with Crippen molar-refractivity contribution in [2.75, 3.05) is 46.5 Å². The maximum atomic E-state index is 5.56. The molecular weight excluding hydrogens is 328 g/mol. The Balaban J connectivity index is 1.86. The highest BCUT2D eigenvalue weighted by atomic mass is 16.5. The lowest BCUT2D eigenvalue weighted by Gasteiger charge is -2.41. The van der Waals surface area contributed by atoms with Gasteiger partial charge in [-0.2, -0.15) is 0 Å². The van der Waals surface area contributed by atoms with E-state index in [1.165, 1.54) is 11.1 Å². The molecule has 146 valence electrons. The first kappa shape index (κ1) is 20.7. The molecule has 26 heavy (non-hydrogen) atoms. The second-order valence-electron chi connectivity index (χ2n) is 7.10.